The van der Waals surface area contributed by atoms with Gasteiger partial charge in [-0.1, -0.05) is 42.9 Å². The Bertz CT molecular complexity index is 644. The summed E-state index contributed by atoms with van der Waals surface area (Å²) in [4.78, 5) is 12.1. The molecular formula is C16H22N4O2S2. The number of rotatable bonds is 7. The van der Waals surface area contributed by atoms with Crippen molar-refractivity contribution in [3.8, 4) is 0 Å². The zero-order chi connectivity index (χ0) is 16.8. The van der Waals surface area contributed by atoms with Crippen molar-refractivity contribution in [3.63, 3.8) is 0 Å². The maximum atomic E-state index is 12.1. The molecule has 24 heavy (non-hydrogen) atoms. The van der Waals surface area contributed by atoms with E-state index in [9.17, 15) is 4.79 Å². The molecule has 2 heterocycles. The van der Waals surface area contributed by atoms with E-state index in [1.165, 1.54) is 42.4 Å². The summed E-state index contributed by atoms with van der Waals surface area (Å²) in [5.41, 5.74) is 0. The van der Waals surface area contributed by atoms with Crippen molar-refractivity contribution in [3.05, 3.63) is 24.2 Å². The van der Waals surface area contributed by atoms with Gasteiger partial charge < -0.3 is 15.1 Å². The molecule has 1 amide bonds. The van der Waals surface area contributed by atoms with Crippen molar-refractivity contribution in [1.82, 2.24) is 15.5 Å². The van der Waals surface area contributed by atoms with Crippen LogP contribution in [0.3, 0.4) is 0 Å². The quantitative estimate of drug-likeness (QED) is 0.730. The average molecular weight is 367 g/mol. The number of nitrogens with one attached hydrogen (secondary N) is 2. The van der Waals surface area contributed by atoms with Crippen molar-refractivity contribution >= 4 is 34.1 Å². The van der Waals surface area contributed by atoms with E-state index in [0.29, 0.717) is 24.3 Å². The summed E-state index contributed by atoms with van der Waals surface area (Å²) in [6.07, 6.45) is 6.44. The van der Waals surface area contributed by atoms with Crippen LogP contribution in [0.15, 0.2) is 27.2 Å². The van der Waals surface area contributed by atoms with Gasteiger partial charge >= 0.3 is 0 Å². The van der Waals surface area contributed by atoms with Crippen LogP contribution < -0.4 is 10.6 Å². The van der Waals surface area contributed by atoms with E-state index in [4.69, 9.17) is 4.42 Å². The molecule has 2 aromatic heterocycles. The molecule has 1 fully saturated rings. The number of hydrogen-bond acceptors (Lipinski definition) is 7. The van der Waals surface area contributed by atoms with Crippen molar-refractivity contribution in [1.29, 1.82) is 0 Å². The van der Waals surface area contributed by atoms with Crippen LogP contribution in [0, 0.1) is 5.92 Å². The Balaban J connectivity index is 1.40. The molecule has 6 nitrogen and oxygen atoms in total. The van der Waals surface area contributed by atoms with Gasteiger partial charge in [-0.05, 0) is 30.9 Å². The Kier molecular flexibility index (Phi) is 6.14. The topological polar surface area (TPSA) is 80.0 Å². The number of carbonyl (C=O) groups is 1. The van der Waals surface area contributed by atoms with Gasteiger partial charge in [-0.15, -0.1) is 10.2 Å². The smallest absolute Gasteiger partial charge is 0.230 e. The van der Waals surface area contributed by atoms with Crippen LogP contribution in [0.1, 0.15) is 38.4 Å². The zero-order valence-electron chi connectivity index (χ0n) is 13.7. The summed E-state index contributed by atoms with van der Waals surface area (Å²) in [5.74, 6) is 1.89. The maximum Gasteiger partial charge on any atom is 0.230 e. The van der Waals surface area contributed by atoms with Crippen molar-refractivity contribution in [2.45, 2.75) is 49.5 Å². The summed E-state index contributed by atoms with van der Waals surface area (Å²) in [5, 5.41) is 15.2. The molecule has 2 N–H and O–H groups in total. The van der Waals surface area contributed by atoms with Crippen LogP contribution in [0.5, 0.6) is 0 Å². The third kappa shape index (κ3) is 4.98. The predicted molar refractivity (Wildman–Crippen MR) is 96.2 cm³/mol. The highest BCUT2D eigenvalue weighted by atomic mass is 32.2. The van der Waals surface area contributed by atoms with Crippen LogP contribution in [0.25, 0.3) is 0 Å². The number of anilines is 1. The number of nitrogens with zero attached hydrogens (tertiary/aromatic N) is 2. The van der Waals surface area contributed by atoms with E-state index in [1.54, 1.807) is 6.26 Å². The van der Waals surface area contributed by atoms with Crippen LogP contribution in [0.4, 0.5) is 5.13 Å². The van der Waals surface area contributed by atoms with Gasteiger partial charge in [0.1, 0.15) is 5.76 Å². The molecule has 0 aliphatic heterocycles. The average Bonchev–Trinajstić information content (AvgIpc) is 3.25. The van der Waals surface area contributed by atoms with E-state index in [-0.39, 0.29) is 5.91 Å². The van der Waals surface area contributed by atoms with Gasteiger partial charge in [-0.2, -0.15) is 0 Å². The van der Waals surface area contributed by atoms with Gasteiger partial charge in [0.15, 0.2) is 4.34 Å². The standard InChI is InChI=1S/C16H22N4O2S2/c1-11-5-2-3-7-13(11)18-14(21)10-23-16-20-19-15(24-16)17-9-12-6-4-8-22-12/h4,6,8,11,13H,2-3,5,7,9-10H2,1H3,(H,17,19)(H,18,21). The van der Waals surface area contributed by atoms with Crippen molar-refractivity contribution in [2.24, 2.45) is 5.92 Å². The minimum Gasteiger partial charge on any atom is -0.467 e. The Hall–Kier alpha value is -1.54. The Morgan fingerprint density at radius 1 is 1.42 bits per heavy atom. The van der Waals surface area contributed by atoms with E-state index in [2.05, 4.69) is 27.8 Å². The number of furan rings is 1. The fourth-order valence-electron chi connectivity index (χ4n) is 2.82. The molecule has 1 aliphatic rings. The normalized spacial score (nSPS) is 20.7. The van der Waals surface area contributed by atoms with Gasteiger partial charge in [0.05, 0.1) is 18.6 Å². The molecule has 0 spiro atoms. The van der Waals surface area contributed by atoms with E-state index in [1.807, 2.05) is 12.1 Å². The molecule has 0 saturated heterocycles. The largest absolute Gasteiger partial charge is 0.467 e. The highest BCUT2D eigenvalue weighted by molar-refractivity contribution is 8.01. The van der Waals surface area contributed by atoms with E-state index < -0.39 is 0 Å². The molecule has 1 aliphatic carbocycles. The summed E-state index contributed by atoms with van der Waals surface area (Å²) >= 11 is 2.88. The summed E-state index contributed by atoms with van der Waals surface area (Å²) in [7, 11) is 0. The van der Waals surface area contributed by atoms with Gasteiger partial charge in [0.25, 0.3) is 0 Å². The maximum absolute atomic E-state index is 12.1. The third-order valence-corrected chi connectivity index (χ3v) is 6.20. The first-order valence-corrected chi connectivity index (χ1v) is 10.0. The lowest BCUT2D eigenvalue weighted by Gasteiger charge is -2.29. The van der Waals surface area contributed by atoms with Crippen molar-refractivity contribution in [2.75, 3.05) is 11.1 Å². The molecule has 0 bridgehead atoms. The fraction of sp³-hybridized carbons (Fsp3) is 0.562. The third-order valence-electron chi connectivity index (χ3n) is 4.19. The Labute approximate surface area is 149 Å². The first-order valence-electron chi connectivity index (χ1n) is 8.22. The van der Waals surface area contributed by atoms with Gasteiger partial charge in [-0.25, -0.2) is 0 Å². The second kappa shape index (κ2) is 8.53. The lowest BCUT2D eigenvalue weighted by Crippen LogP contribution is -2.41. The second-order valence-electron chi connectivity index (χ2n) is 6.03. The van der Waals surface area contributed by atoms with E-state index in [0.717, 1.165) is 21.7 Å². The molecule has 2 aromatic rings. The Morgan fingerprint density at radius 3 is 3.08 bits per heavy atom. The molecule has 2 unspecified atom stereocenters. The summed E-state index contributed by atoms with van der Waals surface area (Å²) in [6, 6.07) is 4.08. The zero-order valence-corrected chi connectivity index (χ0v) is 15.3. The summed E-state index contributed by atoms with van der Waals surface area (Å²) in [6.45, 7) is 2.80. The number of aromatic nitrogens is 2. The second-order valence-corrected chi connectivity index (χ2v) is 8.23. The van der Waals surface area contributed by atoms with Gasteiger partial charge in [-0.3, -0.25) is 4.79 Å². The molecule has 8 heteroatoms. The first-order chi connectivity index (χ1) is 11.7. The van der Waals surface area contributed by atoms with Crippen LogP contribution in [-0.4, -0.2) is 27.9 Å². The van der Waals surface area contributed by atoms with E-state index >= 15 is 0 Å². The minimum absolute atomic E-state index is 0.0824. The molecule has 0 radical (unpaired) electrons. The van der Waals surface area contributed by atoms with Crippen LogP contribution >= 0.6 is 23.1 Å². The van der Waals surface area contributed by atoms with Crippen molar-refractivity contribution < 1.29 is 9.21 Å². The number of hydrogen-bond donors (Lipinski definition) is 2. The summed E-state index contributed by atoms with van der Waals surface area (Å²) < 4.78 is 6.05. The lowest BCUT2D eigenvalue weighted by molar-refractivity contribution is -0.119. The molecular weight excluding hydrogens is 344 g/mol. The molecule has 0 aromatic carbocycles. The predicted octanol–water partition coefficient (Wildman–Crippen LogP) is 3.53. The lowest BCUT2D eigenvalue weighted by atomic mass is 9.86. The van der Waals surface area contributed by atoms with Crippen LogP contribution in [0.2, 0.25) is 0 Å². The first kappa shape index (κ1) is 17.3. The van der Waals surface area contributed by atoms with Gasteiger partial charge in [0, 0.05) is 6.04 Å². The highest BCUT2D eigenvalue weighted by Gasteiger charge is 2.22. The molecule has 130 valence electrons. The van der Waals surface area contributed by atoms with Crippen LogP contribution in [-0.2, 0) is 11.3 Å². The minimum atomic E-state index is 0.0824. The number of carbonyl (C=O) groups excluding carboxylic acids is 1. The number of amides is 1. The highest BCUT2D eigenvalue weighted by Crippen LogP contribution is 2.27. The molecule has 3 rings (SSSR count). The number of thioether (sulfide) groups is 1. The Morgan fingerprint density at radius 2 is 2.29 bits per heavy atom. The molecule has 2 atom stereocenters. The molecule has 1 saturated carbocycles. The SMILES string of the molecule is CC1CCCCC1NC(=O)CSc1nnc(NCc2ccco2)s1. The van der Waals surface area contributed by atoms with Gasteiger partial charge in [0.2, 0.25) is 11.0 Å². The fourth-order valence-corrected chi connectivity index (χ4v) is 4.38. The monoisotopic (exact) mass is 366 g/mol.